The van der Waals surface area contributed by atoms with Gasteiger partial charge in [0.05, 0.1) is 10.4 Å². The normalized spacial score (nSPS) is 17.9. The number of amides is 1. The first-order chi connectivity index (χ1) is 10.0. The standard InChI is InChI=1S/C12H9ClFN3OS.C2H6/c1-5-2-9(18)16-17-10(5)6-3-7(14)11-8(4-6)19-12(13)15-11;1-2/h3-5H,2H2,1H3,(H,16,18);1-2H3. The van der Waals surface area contributed by atoms with Gasteiger partial charge in [0.25, 0.3) is 0 Å². The smallest absolute Gasteiger partial charge is 0.240 e. The molecule has 0 aliphatic carbocycles. The van der Waals surface area contributed by atoms with Crippen LogP contribution < -0.4 is 5.43 Å². The van der Waals surface area contributed by atoms with Crippen LogP contribution in [0.2, 0.25) is 4.47 Å². The number of hydrogen-bond donors (Lipinski definition) is 1. The van der Waals surface area contributed by atoms with E-state index in [2.05, 4.69) is 15.5 Å². The van der Waals surface area contributed by atoms with E-state index in [-0.39, 0.29) is 17.3 Å². The lowest BCUT2D eigenvalue weighted by molar-refractivity contribution is -0.121. The summed E-state index contributed by atoms with van der Waals surface area (Å²) in [4.78, 5) is 15.1. The molecule has 0 bridgehead atoms. The van der Waals surface area contributed by atoms with Crippen LogP contribution >= 0.6 is 22.9 Å². The lowest BCUT2D eigenvalue weighted by Crippen LogP contribution is -2.32. The molecule has 1 amide bonds. The van der Waals surface area contributed by atoms with E-state index in [1.807, 2.05) is 20.8 Å². The van der Waals surface area contributed by atoms with E-state index < -0.39 is 5.82 Å². The van der Waals surface area contributed by atoms with Crippen LogP contribution in [-0.2, 0) is 4.79 Å². The summed E-state index contributed by atoms with van der Waals surface area (Å²) in [6, 6.07) is 3.18. The molecule has 4 nitrogen and oxygen atoms in total. The van der Waals surface area contributed by atoms with Gasteiger partial charge in [-0.2, -0.15) is 5.10 Å². The average molecular weight is 328 g/mol. The van der Waals surface area contributed by atoms with Crippen molar-refractivity contribution >= 4 is 44.8 Å². The largest absolute Gasteiger partial charge is 0.273 e. The summed E-state index contributed by atoms with van der Waals surface area (Å²) >= 11 is 7.01. The number of rotatable bonds is 1. The maximum Gasteiger partial charge on any atom is 0.240 e. The molecular weight excluding hydrogens is 313 g/mol. The molecule has 2 aromatic rings. The zero-order chi connectivity index (χ0) is 15.6. The fraction of sp³-hybridized carbons (Fsp3) is 0.357. The second kappa shape index (κ2) is 6.49. The SMILES string of the molecule is CC.CC1CC(=O)NN=C1c1cc(F)c2nc(Cl)sc2c1. The van der Waals surface area contributed by atoms with E-state index in [4.69, 9.17) is 11.6 Å². The zero-order valence-corrected chi connectivity index (χ0v) is 13.5. The maximum atomic E-state index is 14.0. The molecule has 1 unspecified atom stereocenters. The molecule has 0 spiro atoms. The van der Waals surface area contributed by atoms with E-state index in [1.54, 1.807) is 6.07 Å². The first-order valence-electron chi connectivity index (χ1n) is 6.67. The maximum absolute atomic E-state index is 14.0. The Morgan fingerprint density at radius 3 is 2.81 bits per heavy atom. The van der Waals surface area contributed by atoms with Crippen molar-refractivity contribution in [2.24, 2.45) is 11.0 Å². The minimum Gasteiger partial charge on any atom is -0.273 e. The Kier molecular flexibility index (Phi) is 4.90. The Balaban J connectivity index is 0.000000774. The lowest BCUT2D eigenvalue weighted by Gasteiger charge is -2.19. The van der Waals surface area contributed by atoms with Gasteiger partial charge in [0.1, 0.15) is 5.52 Å². The van der Waals surface area contributed by atoms with Crippen LogP contribution in [0.15, 0.2) is 17.2 Å². The topological polar surface area (TPSA) is 54.4 Å². The van der Waals surface area contributed by atoms with Crippen LogP contribution in [0.1, 0.15) is 32.8 Å². The molecule has 2 heterocycles. The fourth-order valence-corrected chi connectivity index (χ4v) is 3.19. The van der Waals surface area contributed by atoms with Crippen LogP contribution in [0.25, 0.3) is 10.2 Å². The number of halogens is 2. The molecule has 1 aromatic carbocycles. The highest BCUT2D eigenvalue weighted by molar-refractivity contribution is 7.22. The molecule has 112 valence electrons. The van der Waals surface area contributed by atoms with Crippen molar-refractivity contribution in [3.05, 3.63) is 28.0 Å². The molecule has 1 N–H and O–H groups in total. The number of benzene rings is 1. The molecule has 0 fully saturated rings. The highest BCUT2D eigenvalue weighted by Crippen LogP contribution is 2.30. The third kappa shape index (κ3) is 3.22. The van der Waals surface area contributed by atoms with Crippen molar-refractivity contribution in [1.29, 1.82) is 0 Å². The Bertz CT molecular complexity index is 714. The molecular formula is C14H15ClFN3OS. The van der Waals surface area contributed by atoms with Crippen LogP contribution in [-0.4, -0.2) is 16.6 Å². The van der Waals surface area contributed by atoms with Crippen molar-refractivity contribution in [2.75, 3.05) is 0 Å². The number of nitrogens with one attached hydrogen (secondary N) is 1. The number of fused-ring (bicyclic) bond motifs is 1. The summed E-state index contributed by atoms with van der Waals surface area (Å²) in [5, 5.41) is 4.02. The monoisotopic (exact) mass is 327 g/mol. The van der Waals surface area contributed by atoms with Crippen molar-refractivity contribution in [2.45, 2.75) is 27.2 Å². The van der Waals surface area contributed by atoms with Gasteiger partial charge in [-0.1, -0.05) is 32.4 Å². The molecule has 21 heavy (non-hydrogen) atoms. The van der Waals surface area contributed by atoms with Crippen LogP contribution in [0.5, 0.6) is 0 Å². The van der Waals surface area contributed by atoms with Gasteiger partial charge in [-0.05, 0) is 12.1 Å². The van der Waals surface area contributed by atoms with Gasteiger partial charge >= 0.3 is 0 Å². The summed E-state index contributed by atoms with van der Waals surface area (Å²) in [5.41, 5.74) is 4.01. The number of carbonyl (C=O) groups excluding carboxylic acids is 1. The summed E-state index contributed by atoms with van der Waals surface area (Å²) in [7, 11) is 0. The third-order valence-electron chi connectivity index (χ3n) is 2.98. The van der Waals surface area contributed by atoms with E-state index >= 15 is 0 Å². The number of carbonyl (C=O) groups is 1. The van der Waals surface area contributed by atoms with Gasteiger partial charge in [0, 0.05) is 17.9 Å². The zero-order valence-electron chi connectivity index (χ0n) is 11.9. The molecule has 3 rings (SSSR count). The first-order valence-corrected chi connectivity index (χ1v) is 7.86. The van der Waals surface area contributed by atoms with Crippen LogP contribution in [0.4, 0.5) is 4.39 Å². The van der Waals surface area contributed by atoms with E-state index in [1.165, 1.54) is 17.4 Å². The van der Waals surface area contributed by atoms with Crippen molar-refractivity contribution in [3.8, 4) is 0 Å². The Morgan fingerprint density at radius 2 is 2.14 bits per heavy atom. The van der Waals surface area contributed by atoms with Gasteiger partial charge in [-0.25, -0.2) is 14.8 Å². The van der Waals surface area contributed by atoms with Crippen molar-refractivity contribution < 1.29 is 9.18 Å². The second-order valence-electron chi connectivity index (χ2n) is 4.41. The van der Waals surface area contributed by atoms with Gasteiger partial charge in [0.15, 0.2) is 10.3 Å². The summed E-state index contributed by atoms with van der Waals surface area (Å²) < 4.78 is 14.9. The molecule has 1 aliphatic heterocycles. The quantitative estimate of drug-likeness (QED) is 0.861. The Morgan fingerprint density at radius 1 is 1.43 bits per heavy atom. The molecule has 7 heteroatoms. The summed E-state index contributed by atoms with van der Waals surface area (Å²) in [5.74, 6) is -0.602. The van der Waals surface area contributed by atoms with Crippen LogP contribution in [0, 0.1) is 11.7 Å². The highest BCUT2D eigenvalue weighted by Gasteiger charge is 2.23. The third-order valence-corrected chi connectivity index (χ3v) is 4.08. The minimum atomic E-state index is -0.428. The summed E-state index contributed by atoms with van der Waals surface area (Å²) in [6.45, 7) is 5.89. The van der Waals surface area contributed by atoms with Gasteiger partial charge in [0.2, 0.25) is 5.91 Å². The van der Waals surface area contributed by atoms with Crippen LogP contribution in [0.3, 0.4) is 0 Å². The predicted molar refractivity (Wildman–Crippen MR) is 84.4 cm³/mol. The lowest BCUT2D eigenvalue weighted by atomic mass is 9.94. The van der Waals surface area contributed by atoms with E-state index in [9.17, 15) is 9.18 Å². The fourth-order valence-electron chi connectivity index (χ4n) is 2.11. The highest BCUT2D eigenvalue weighted by atomic mass is 35.5. The number of nitrogens with zero attached hydrogens (tertiary/aromatic N) is 2. The number of thiazole rings is 1. The Hall–Kier alpha value is -1.53. The molecule has 1 aliphatic rings. The number of aromatic nitrogens is 1. The van der Waals surface area contributed by atoms with Gasteiger partial charge in [-0.3, -0.25) is 4.79 Å². The molecule has 0 saturated carbocycles. The minimum absolute atomic E-state index is 0.0472. The molecule has 1 atom stereocenters. The molecule has 0 saturated heterocycles. The number of hydrogen-bond acceptors (Lipinski definition) is 4. The van der Waals surface area contributed by atoms with E-state index in [0.717, 1.165) is 0 Å². The van der Waals surface area contributed by atoms with Crippen molar-refractivity contribution in [3.63, 3.8) is 0 Å². The molecule has 1 aromatic heterocycles. The Labute approximate surface area is 131 Å². The van der Waals surface area contributed by atoms with Gasteiger partial charge < -0.3 is 0 Å². The van der Waals surface area contributed by atoms with Gasteiger partial charge in [-0.15, -0.1) is 11.3 Å². The second-order valence-corrected chi connectivity index (χ2v) is 6.02. The number of hydrazone groups is 1. The predicted octanol–water partition coefficient (Wildman–Crippen LogP) is 3.98. The molecule has 0 radical (unpaired) electrons. The van der Waals surface area contributed by atoms with Crippen molar-refractivity contribution in [1.82, 2.24) is 10.4 Å². The first kappa shape index (κ1) is 15.9. The summed E-state index contributed by atoms with van der Waals surface area (Å²) in [6.07, 6.45) is 0.349. The van der Waals surface area contributed by atoms with E-state index in [0.29, 0.717) is 26.9 Å². The average Bonchev–Trinajstić information content (AvgIpc) is 2.82.